The van der Waals surface area contributed by atoms with Crippen LogP contribution in [-0.4, -0.2) is 30.4 Å². The van der Waals surface area contributed by atoms with E-state index in [9.17, 15) is 4.79 Å². The maximum absolute atomic E-state index is 11.7. The molecule has 1 aliphatic rings. The van der Waals surface area contributed by atoms with Crippen LogP contribution >= 0.6 is 23.2 Å². The van der Waals surface area contributed by atoms with E-state index in [0.29, 0.717) is 10.0 Å². The van der Waals surface area contributed by atoms with Crippen molar-refractivity contribution in [3.63, 3.8) is 0 Å². The van der Waals surface area contributed by atoms with Gasteiger partial charge in [-0.25, -0.2) is 0 Å². The molecule has 1 heterocycles. The van der Waals surface area contributed by atoms with Crippen LogP contribution in [0.25, 0.3) is 0 Å². The summed E-state index contributed by atoms with van der Waals surface area (Å²) in [6.45, 7) is 0.779. The van der Waals surface area contributed by atoms with Gasteiger partial charge in [-0.1, -0.05) is 23.2 Å². The highest BCUT2D eigenvalue weighted by molar-refractivity contribution is 6.36. The Morgan fingerprint density at radius 3 is 2.75 bits per heavy atom. The molecule has 1 aliphatic heterocycles. The number of nitrogens with one attached hydrogen (secondary N) is 1. The number of carbonyl (C=O) groups is 1. The minimum Gasteiger partial charge on any atom is -0.372 e. The largest absolute Gasteiger partial charge is 0.372 e. The number of carbonyl (C=O) groups excluding carboxylic acids is 1. The molecule has 0 saturated carbocycles. The van der Waals surface area contributed by atoms with Gasteiger partial charge in [0.1, 0.15) is 6.04 Å². The lowest BCUT2D eigenvalue weighted by Crippen LogP contribution is -2.30. The van der Waals surface area contributed by atoms with Crippen molar-refractivity contribution in [2.75, 3.05) is 18.9 Å². The van der Waals surface area contributed by atoms with E-state index in [2.05, 4.69) is 5.32 Å². The summed E-state index contributed by atoms with van der Waals surface area (Å²) in [5.41, 5.74) is 0.750. The average Bonchev–Trinajstić information content (AvgIpc) is 2.54. The summed E-state index contributed by atoms with van der Waals surface area (Å²) < 4.78 is 0. The van der Waals surface area contributed by atoms with Gasteiger partial charge in [-0.2, -0.15) is 0 Å². The molecule has 1 unspecified atom stereocenters. The van der Waals surface area contributed by atoms with E-state index in [-0.39, 0.29) is 11.9 Å². The summed E-state index contributed by atoms with van der Waals surface area (Å²) in [7, 11) is 1.80. The second kappa shape index (κ2) is 4.52. The SMILES string of the molecule is CN1CCC(Nc2ccc(Cl)cc2Cl)C1=O. The van der Waals surface area contributed by atoms with Crippen LogP contribution in [0.1, 0.15) is 6.42 Å². The summed E-state index contributed by atoms with van der Waals surface area (Å²) in [6.07, 6.45) is 0.800. The van der Waals surface area contributed by atoms with Gasteiger partial charge >= 0.3 is 0 Å². The van der Waals surface area contributed by atoms with Crippen LogP contribution < -0.4 is 5.32 Å². The van der Waals surface area contributed by atoms with Crippen molar-refractivity contribution in [2.45, 2.75) is 12.5 Å². The van der Waals surface area contributed by atoms with Crippen molar-refractivity contribution in [1.29, 1.82) is 0 Å². The van der Waals surface area contributed by atoms with Crippen LogP contribution in [0.3, 0.4) is 0 Å². The number of likely N-dealkylation sites (N-methyl/N-ethyl adjacent to an activating group) is 1. The van der Waals surface area contributed by atoms with Gasteiger partial charge in [-0.15, -0.1) is 0 Å². The van der Waals surface area contributed by atoms with E-state index in [0.717, 1.165) is 18.7 Å². The summed E-state index contributed by atoms with van der Waals surface area (Å²) in [5, 5.41) is 4.26. The Morgan fingerprint density at radius 2 is 2.19 bits per heavy atom. The molecule has 1 aromatic rings. The molecule has 0 spiro atoms. The Bertz CT molecular complexity index is 422. The lowest BCUT2D eigenvalue weighted by molar-refractivity contribution is -0.127. The molecule has 1 aromatic carbocycles. The Labute approximate surface area is 104 Å². The average molecular weight is 259 g/mol. The summed E-state index contributed by atoms with van der Waals surface area (Å²) in [6, 6.07) is 5.02. The Morgan fingerprint density at radius 1 is 1.44 bits per heavy atom. The molecular weight excluding hydrogens is 247 g/mol. The van der Waals surface area contributed by atoms with E-state index >= 15 is 0 Å². The van der Waals surface area contributed by atoms with Gasteiger partial charge < -0.3 is 10.2 Å². The molecule has 0 radical (unpaired) electrons. The molecule has 0 aliphatic carbocycles. The zero-order valence-electron chi connectivity index (χ0n) is 8.84. The molecule has 0 bridgehead atoms. The molecular formula is C11H12Cl2N2O. The van der Waals surface area contributed by atoms with Crippen molar-refractivity contribution >= 4 is 34.8 Å². The van der Waals surface area contributed by atoms with E-state index in [1.165, 1.54) is 0 Å². The van der Waals surface area contributed by atoms with E-state index < -0.39 is 0 Å². The molecule has 86 valence electrons. The lowest BCUT2D eigenvalue weighted by Gasteiger charge is -2.14. The molecule has 1 N–H and O–H groups in total. The monoisotopic (exact) mass is 258 g/mol. The number of amides is 1. The number of benzene rings is 1. The zero-order valence-corrected chi connectivity index (χ0v) is 10.3. The Balaban J connectivity index is 2.12. The standard InChI is InChI=1S/C11H12Cl2N2O/c1-15-5-4-10(11(15)16)14-9-3-2-7(12)6-8(9)13/h2-3,6,10,14H,4-5H2,1H3. The summed E-state index contributed by atoms with van der Waals surface area (Å²) >= 11 is 11.8. The Kier molecular flexibility index (Phi) is 3.26. The third-order valence-electron chi connectivity index (χ3n) is 2.69. The first-order chi connectivity index (χ1) is 7.58. The van der Waals surface area contributed by atoms with Crippen LogP contribution in [0, 0.1) is 0 Å². The number of hydrogen-bond donors (Lipinski definition) is 1. The molecule has 1 saturated heterocycles. The number of nitrogens with zero attached hydrogens (tertiary/aromatic N) is 1. The highest BCUT2D eigenvalue weighted by Crippen LogP contribution is 2.27. The van der Waals surface area contributed by atoms with Gasteiger partial charge in [0.2, 0.25) is 5.91 Å². The third-order valence-corrected chi connectivity index (χ3v) is 3.24. The molecule has 0 aromatic heterocycles. The number of likely N-dealkylation sites (tertiary alicyclic amines) is 1. The van der Waals surface area contributed by atoms with E-state index in [1.807, 2.05) is 0 Å². The predicted octanol–water partition coefficient (Wildman–Crippen LogP) is 2.64. The Hall–Kier alpha value is -0.930. The van der Waals surface area contributed by atoms with Gasteiger partial charge in [0.25, 0.3) is 0 Å². The zero-order chi connectivity index (χ0) is 11.7. The molecule has 16 heavy (non-hydrogen) atoms. The van der Waals surface area contributed by atoms with Crippen LogP contribution in [0.2, 0.25) is 10.0 Å². The second-order valence-corrected chi connectivity index (χ2v) is 4.71. The van der Waals surface area contributed by atoms with Crippen LogP contribution in [0.5, 0.6) is 0 Å². The van der Waals surface area contributed by atoms with Crippen molar-refractivity contribution in [1.82, 2.24) is 4.90 Å². The number of hydrogen-bond acceptors (Lipinski definition) is 2. The summed E-state index contributed by atoms with van der Waals surface area (Å²) in [5.74, 6) is 0.103. The fourth-order valence-corrected chi connectivity index (χ4v) is 2.21. The van der Waals surface area contributed by atoms with Crippen LogP contribution in [0.15, 0.2) is 18.2 Å². The van der Waals surface area contributed by atoms with Gasteiger partial charge in [-0.05, 0) is 24.6 Å². The number of anilines is 1. The van der Waals surface area contributed by atoms with Crippen molar-refractivity contribution < 1.29 is 4.79 Å². The molecule has 3 nitrogen and oxygen atoms in total. The maximum atomic E-state index is 11.7. The summed E-state index contributed by atoms with van der Waals surface area (Å²) in [4.78, 5) is 13.4. The van der Waals surface area contributed by atoms with Gasteiger partial charge in [0.05, 0.1) is 10.7 Å². The second-order valence-electron chi connectivity index (χ2n) is 3.87. The fourth-order valence-electron chi connectivity index (χ4n) is 1.75. The highest BCUT2D eigenvalue weighted by Gasteiger charge is 2.29. The normalized spacial score (nSPS) is 20.3. The third kappa shape index (κ3) is 2.25. The lowest BCUT2D eigenvalue weighted by atomic mass is 10.2. The first-order valence-electron chi connectivity index (χ1n) is 5.04. The van der Waals surface area contributed by atoms with Crippen molar-refractivity contribution in [2.24, 2.45) is 0 Å². The quantitative estimate of drug-likeness (QED) is 0.885. The van der Waals surface area contributed by atoms with Crippen LogP contribution in [-0.2, 0) is 4.79 Å². The minimum absolute atomic E-state index is 0.103. The van der Waals surface area contributed by atoms with E-state index in [1.54, 1.807) is 30.1 Å². The highest BCUT2D eigenvalue weighted by atomic mass is 35.5. The van der Waals surface area contributed by atoms with Crippen molar-refractivity contribution in [3.05, 3.63) is 28.2 Å². The van der Waals surface area contributed by atoms with Gasteiger partial charge in [0, 0.05) is 18.6 Å². The van der Waals surface area contributed by atoms with Crippen LogP contribution in [0.4, 0.5) is 5.69 Å². The van der Waals surface area contributed by atoms with Gasteiger partial charge in [0.15, 0.2) is 0 Å². The smallest absolute Gasteiger partial charge is 0.244 e. The minimum atomic E-state index is -0.177. The first kappa shape index (κ1) is 11.6. The topological polar surface area (TPSA) is 32.3 Å². The molecule has 1 amide bonds. The fraction of sp³-hybridized carbons (Fsp3) is 0.364. The maximum Gasteiger partial charge on any atom is 0.244 e. The molecule has 2 rings (SSSR count). The first-order valence-corrected chi connectivity index (χ1v) is 5.80. The van der Waals surface area contributed by atoms with Gasteiger partial charge in [-0.3, -0.25) is 4.79 Å². The number of rotatable bonds is 2. The molecule has 1 atom stereocenters. The number of halogens is 2. The van der Waals surface area contributed by atoms with E-state index in [4.69, 9.17) is 23.2 Å². The predicted molar refractivity (Wildman–Crippen MR) is 66.1 cm³/mol. The molecule has 1 fully saturated rings. The molecule has 5 heteroatoms. The van der Waals surface area contributed by atoms with Crippen molar-refractivity contribution in [3.8, 4) is 0 Å².